The third-order valence-corrected chi connectivity index (χ3v) is 13.0. The van der Waals surface area contributed by atoms with Gasteiger partial charge in [0.15, 0.2) is 0 Å². The summed E-state index contributed by atoms with van der Waals surface area (Å²) in [7, 11) is 0. The lowest BCUT2D eigenvalue weighted by molar-refractivity contribution is 0.673. The molecule has 0 aliphatic carbocycles. The van der Waals surface area contributed by atoms with Gasteiger partial charge in [-0.15, -0.1) is 0 Å². The van der Waals surface area contributed by atoms with E-state index in [0.29, 0.717) is 0 Å². The Labute approximate surface area is 363 Å². The molecule has 0 unspecified atom stereocenters. The number of benzene rings is 11. The molecule has 3 nitrogen and oxygen atoms in total. The average molecular weight is 803 g/mol. The van der Waals surface area contributed by atoms with E-state index >= 15 is 0 Å². The highest BCUT2D eigenvalue weighted by Gasteiger charge is 2.22. The van der Waals surface area contributed by atoms with Gasteiger partial charge in [-0.3, -0.25) is 0 Å². The maximum absolute atomic E-state index is 6.69. The first kappa shape index (κ1) is 35.4. The Hall–Kier alpha value is -8.40. The first-order valence-electron chi connectivity index (χ1n) is 21.6. The van der Waals surface area contributed by atoms with Crippen LogP contribution in [0.2, 0.25) is 0 Å². The van der Waals surface area contributed by atoms with Gasteiger partial charge >= 0.3 is 0 Å². The number of rotatable bonds is 6. The van der Waals surface area contributed by atoms with Gasteiger partial charge in [0.1, 0.15) is 11.2 Å². The van der Waals surface area contributed by atoms with Gasteiger partial charge in [0.25, 0.3) is 0 Å². The van der Waals surface area contributed by atoms with Gasteiger partial charge in [-0.25, -0.2) is 0 Å². The zero-order valence-electron chi connectivity index (χ0n) is 34.2. The number of fused-ring (bicyclic) bond motifs is 11. The summed E-state index contributed by atoms with van der Waals surface area (Å²) in [4.78, 5) is 2.40. The predicted octanol–water partition coefficient (Wildman–Crippen LogP) is 16.9. The standard InChI is InChI=1S/C60H38N2O/c1-3-14-47-40(12-1)24-25-43-38-42(29-36-48(43)47)39-26-30-44(31-27-39)61(45-32-34-46(35-33-45)62-56-21-9-5-16-50(56)51-17-6-10-22-57(51)62)55-20-8-7-18-52(55)53-19-11-23-58-59(53)54-37-28-41-13-2-4-15-49(41)60(54)63-58/h1-38H. The van der Waals surface area contributed by atoms with Crippen molar-refractivity contribution in [2.75, 3.05) is 4.90 Å². The Morgan fingerprint density at radius 1 is 0.349 bits per heavy atom. The number of nitrogens with zero attached hydrogens (tertiary/aromatic N) is 2. The van der Waals surface area contributed by atoms with Crippen LogP contribution < -0.4 is 4.90 Å². The molecule has 0 N–H and O–H groups in total. The summed E-state index contributed by atoms with van der Waals surface area (Å²) in [5.41, 5.74) is 13.1. The smallest absolute Gasteiger partial charge is 0.143 e. The van der Waals surface area contributed by atoms with Gasteiger partial charge in [-0.2, -0.15) is 0 Å². The summed E-state index contributed by atoms with van der Waals surface area (Å²) in [5, 5.41) is 12.1. The molecule has 11 aromatic carbocycles. The summed E-state index contributed by atoms with van der Waals surface area (Å²) in [6.07, 6.45) is 0. The number of hydrogen-bond donors (Lipinski definition) is 0. The largest absolute Gasteiger partial charge is 0.455 e. The fourth-order valence-electron chi connectivity index (χ4n) is 10.0. The molecular weight excluding hydrogens is 765 g/mol. The first-order chi connectivity index (χ1) is 31.2. The van der Waals surface area contributed by atoms with Crippen LogP contribution in [0.15, 0.2) is 235 Å². The molecule has 294 valence electrons. The van der Waals surface area contributed by atoms with Crippen molar-refractivity contribution >= 4 is 93.1 Å². The van der Waals surface area contributed by atoms with Crippen LogP contribution in [0, 0.1) is 0 Å². The van der Waals surface area contributed by atoms with E-state index < -0.39 is 0 Å². The zero-order valence-corrected chi connectivity index (χ0v) is 34.2. The zero-order chi connectivity index (χ0) is 41.4. The second-order valence-electron chi connectivity index (χ2n) is 16.5. The highest BCUT2D eigenvalue weighted by Crippen LogP contribution is 2.46. The van der Waals surface area contributed by atoms with E-state index in [9.17, 15) is 0 Å². The van der Waals surface area contributed by atoms with Crippen molar-refractivity contribution in [3.05, 3.63) is 231 Å². The SMILES string of the molecule is c1ccc(N(c2ccc(-c3ccc4c(ccc5ccccc54)c3)cc2)c2ccc(-n3c4ccccc4c4ccccc43)cc2)c(-c2cccc3oc4c5ccccc5ccc4c23)c1. The summed E-state index contributed by atoms with van der Waals surface area (Å²) in [6, 6.07) is 83.5. The summed E-state index contributed by atoms with van der Waals surface area (Å²) in [6.45, 7) is 0. The second kappa shape index (κ2) is 14.1. The summed E-state index contributed by atoms with van der Waals surface area (Å²) < 4.78 is 9.07. The molecule has 13 aromatic rings. The van der Waals surface area contributed by atoms with Crippen molar-refractivity contribution in [3.63, 3.8) is 0 Å². The van der Waals surface area contributed by atoms with E-state index in [2.05, 4.69) is 240 Å². The lowest BCUT2D eigenvalue weighted by atomic mass is 9.95. The Morgan fingerprint density at radius 2 is 0.889 bits per heavy atom. The van der Waals surface area contributed by atoms with E-state index in [1.807, 2.05) is 0 Å². The molecule has 0 radical (unpaired) electrons. The van der Waals surface area contributed by atoms with Crippen LogP contribution in [0.5, 0.6) is 0 Å². The summed E-state index contributed by atoms with van der Waals surface area (Å²) in [5.74, 6) is 0. The van der Waals surface area contributed by atoms with Crippen molar-refractivity contribution in [2.45, 2.75) is 0 Å². The van der Waals surface area contributed by atoms with Gasteiger partial charge in [0, 0.05) is 49.6 Å². The van der Waals surface area contributed by atoms with E-state index in [4.69, 9.17) is 4.42 Å². The number of furan rings is 1. The minimum Gasteiger partial charge on any atom is -0.455 e. The first-order valence-corrected chi connectivity index (χ1v) is 21.6. The lowest BCUT2D eigenvalue weighted by Gasteiger charge is -2.28. The molecule has 2 aromatic heterocycles. The molecule has 3 heteroatoms. The molecule has 0 spiro atoms. The van der Waals surface area contributed by atoms with Gasteiger partial charge in [0.2, 0.25) is 0 Å². The van der Waals surface area contributed by atoms with Gasteiger partial charge in [-0.1, -0.05) is 158 Å². The molecule has 0 amide bonds. The van der Waals surface area contributed by atoms with Crippen molar-refractivity contribution in [2.24, 2.45) is 0 Å². The fourth-order valence-corrected chi connectivity index (χ4v) is 10.0. The van der Waals surface area contributed by atoms with Crippen LogP contribution >= 0.6 is 0 Å². The number of hydrogen-bond acceptors (Lipinski definition) is 2. The Balaban J connectivity index is 0.977. The topological polar surface area (TPSA) is 21.3 Å². The van der Waals surface area contributed by atoms with Crippen LogP contribution in [0.25, 0.3) is 104 Å². The van der Waals surface area contributed by atoms with Crippen molar-refractivity contribution < 1.29 is 4.42 Å². The number of anilines is 3. The van der Waals surface area contributed by atoms with Gasteiger partial charge in [0.05, 0.1) is 16.7 Å². The summed E-state index contributed by atoms with van der Waals surface area (Å²) >= 11 is 0. The molecule has 0 saturated heterocycles. The van der Waals surface area contributed by atoms with E-state index in [1.54, 1.807) is 0 Å². The highest BCUT2D eigenvalue weighted by atomic mass is 16.3. The maximum Gasteiger partial charge on any atom is 0.143 e. The Kier molecular flexibility index (Phi) is 7.91. The molecule has 0 aliphatic rings. The molecular formula is C60H38N2O. The normalized spacial score (nSPS) is 11.8. The van der Waals surface area contributed by atoms with Crippen LogP contribution in [0.1, 0.15) is 0 Å². The quantitative estimate of drug-likeness (QED) is 0.156. The van der Waals surface area contributed by atoms with E-state index in [-0.39, 0.29) is 0 Å². The third-order valence-electron chi connectivity index (χ3n) is 13.0. The van der Waals surface area contributed by atoms with Crippen LogP contribution in [-0.2, 0) is 0 Å². The van der Waals surface area contributed by atoms with Crippen molar-refractivity contribution in [1.29, 1.82) is 0 Å². The highest BCUT2D eigenvalue weighted by molar-refractivity contribution is 6.20. The molecule has 0 saturated carbocycles. The van der Waals surface area contributed by atoms with Crippen LogP contribution in [0.3, 0.4) is 0 Å². The van der Waals surface area contributed by atoms with Crippen molar-refractivity contribution in [3.8, 4) is 27.9 Å². The lowest BCUT2D eigenvalue weighted by Crippen LogP contribution is -2.11. The van der Waals surface area contributed by atoms with Crippen LogP contribution in [0.4, 0.5) is 17.1 Å². The Morgan fingerprint density at radius 3 is 1.65 bits per heavy atom. The third kappa shape index (κ3) is 5.60. The van der Waals surface area contributed by atoms with Crippen molar-refractivity contribution in [1.82, 2.24) is 4.57 Å². The molecule has 0 aliphatic heterocycles. The number of para-hydroxylation sites is 3. The predicted molar refractivity (Wildman–Crippen MR) is 266 cm³/mol. The minimum atomic E-state index is 0.878. The number of aromatic nitrogens is 1. The van der Waals surface area contributed by atoms with E-state index in [0.717, 1.165) is 61.2 Å². The average Bonchev–Trinajstić information content (AvgIpc) is 3.91. The van der Waals surface area contributed by atoms with Gasteiger partial charge in [-0.05, 0) is 116 Å². The minimum absolute atomic E-state index is 0.878. The Bertz CT molecular complexity index is 3860. The maximum atomic E-state index is 6.69. The molecule has 63 heavy (non-hydrogen) atoms. The molecule has 0 atom stereocenters. The molecule has 0 bridgehead atoms. The molecule has 13 rings (SSSR count). The van der Waals surface area contributed by atoms with E-state index in [1.165, 1.54) is 59.9 Å². The monoisotopic (exact) mass is 802 g/mol. The second-order valence-corrected chi connectivity index (χ2v) is 16.5. The van der Waals surface area contributed by atoms with Gasteiger partial charge < -0.3 is 13.9 Å². The van der Waals surface area contributed by atoms with Crippen LogP contribution in [-0.4, -0.2) is 4.57 Å². The molecule has 0 fully saturated rings. The molecule has 2 heterocycles. The fraction of sp³-hybridized carbons (Fsp3) is 0.